The minimum absolute atomic E-state index is 0.0801. The zero-order chi connectivity index (χ0) is 20.7. The number of methoxy groups -OCH3 is 1. The molecule has 0 aliphatic heterocycles. The van der Waals surface area contributed by atoms with Gasteiger partial charge in [0.15, 0.2) is 0 Å². The van der Waals surface area contributed by atoms with Crippen LogP contribution in [0.25, 0.3) is 0 Å². The van der Waals surface area contributed by atoms with E-state index < -0.39 is 17.9 Å². The van der Waals surface area contributed by atoms with Gasteiger partial charge in [-0.1, -0.05) is 19.1 Å². The minimum atomic E-state index is -4.56. The van der Waals surface area contributed by atoms with E-state index in [4.69, 9.17) is 14.2 Å². The van der Waals surface area contributed by atoms with E-state index in [1.165, 1.54) is 12.1 Å². The largest absolute Gasteiger partial charge is 0.513 e. The first-order chi connectivity index (χ1) is 13.3. The molecule has 0 fully saturated rings. The van der Waals surface area contributed by atoms with Gasteiger partial charge >= 0.3 is 12.3 Å². The van der Waals surface area contributed by atoms with Crippen molar-refractivity contribution < 1.29 is 36.9 Å². The third-order valence-electron chi connectivity index (χ3n) is 3.88. The summed E-state index contributed by atoms with van der Waals surface area (Å²) < 4.78 is 60.7. The Morgan fingerprint density at radius 1 is 1.00 bits per heavy atom. The Morgan fingerprint density at radius 3 is 2.32 bits per heavy atom. The summed E-state index contributed by atoms with van der Waals surface area (Å²) in [7, 11) is 1.15. The monoisotopic (exact) mass is 398 g/mol. The van der Waals surface area contributed by atoms with Crippen molar-refractivity contribution in [3.8, 4) is 17.2 Å². The average Bonchev–Trinajstić information content (AvgIpc) is 2.66. The highest BCUT2D eigenvalue weighted by Gasteiger charge is 2.34. The second-order valence-corrected chi connectivity index (χ2v) is 5.69. The Kier molecular flexibility index (Phi) is 7.14. The lowest BCUT2D eigenvalue weighted by Crippen LogP contribution is -2.12. The van der Waals surface area contributed by atoms with Gasteiger partial charge in [0.05, 0.1) is 24.8 Å². The molecule has 0 aromatic heterocycles. The van der Waals surface area contributed by atoms with E-state index in [1.807, 2.05) is 0 Å². The summed E-state index contributed by atoms with van der Waals surface area (Å²) in [6.07, 6.45) is -5.06. The zero-order valence-corrected chi connectivity index (χ0v) is 15.8. The Hall–Kier alpha value is -2.90. The molecule has 0 atom stereocenters. The normalized spacial score (nSPS) is 11.1. The highest BCUT2D eigenvalue weighted by Crippen LogP contribution is 2.38. The zero-order valence-electron chi connectivity index (χ0n) is 15.8. The smallest absolute Gasteiger partial charge is 0.493 e. The van der Waals surface area contributed by atoms with Crippen molar-refractivity contribution >= 4 is 6.16 Å². The van der Waals surface area contributed by atoms with Gasteiger partial charge in [-0.2, -0.15) is 13.2 Å². The maximum Gasteiger partial charge on any atom is 0.513 e. The van der Waals surface area contributed by atoms with Crippen LogP contribution < -0.4 is 14.2 Å². The fraction of sp³-hybridized carbons (Fsp3) is 0.350. The molecule has 152 valence electrons. The van der Waals surface area contributed by atoms with E-state index in [9.17, 15) is 18.0 Å². The van der Waals surface area contributed by atoms with E-state index in [2.05, 4.69) is 4.74 Å². The van der Waals surface area contributed by atoms with Gasteiger partial charge < -0.3 is 18.9 Å². The molecule has 2 aromatic carbocycles. The quantitative estimate of drug-likeness (QED) is 0.462. The first kappa shape index (κ1) is 21.4. The van der Waals surface area contributed by atoms with Crippen LogP contribution >= 0.6 is 0 Å². The van der Waals surface area contributed by atoms with Crippen LogP contribution in [-0.2, 0) is 23.9 Å². The summed E-state index contributed by atoms with van der Waals surface area (Å²) in [6, 6.07) is 8.59. The van der Waals surface area contributed by atoms with E-state index in [0.29, 0.717) is 29.9 Å². The molecule has 5 nitrogen and oxygen atoms in total. The Balaban J connectivity index is 2.37. The molecule has 0 radical (unpaired) electrons. The molecule has 2 rings (SSSR count). The number of hydrogen-bond acceptors (Lipinski definition) is 5. The van der Waals surface area contributed by atoms with Crippen LogP contribution in [0.15, 0.2) is 36.4 Å². The molecule has 0 aliphatic rings. The number of alkyl halides is 3. The lowest BCUT2D eigenvalue weighted by molar-refractivity contribution is -0.139. The van der Waals surface area contributed by atoms with Gasteiger partial charge in [0, 0.05) is 0 Å². The standard InChI is InChI=1S/C20H21F3O5/c1-4-13-9-10-18(15(11-13)20(21,22)23)27-12-14-16(26-5-2)7-6-8-17(14)28-19(24)25-3/h6-11H,4-5,12H2,1-3H3. The van der Waals surface area contributed by atoms with Gasteiger partial charge in [0.2, 0.25) is 0 Å². The molecule has 0 N–H and O–H groups in total. The second kappa shape index (κ2) is 9.34. The summed E-state index contributed by atoms with van der Waals surface area (Å²) in [4.78, 5) is 11.5. The van der Waals surface area contributed by atoms with Gasteiger partial charge in [0.25, 0.3) is 0 Å². The number of halogens is 3. The van der Waals surface area contributed by atoms with Crippen molar-refractivity contribution in [1.29, 1.82) is 0 Å². The number of carbonyl (C=O) groups excluding carboxylic acids is 1. The van der Waals surface area contributed by atoms with E-state index >= 15 is 0 Å². The van der Waals surface area contributed by atoms with Crippen LogP contribution in [0.5, 0.6) is 17.2 Å². The predicted molar refractivity (Wildman–Crippen MR) is 95.8 cm³/mol. The van der Waals surface area contributed by atoms with Crippen molar-refractivity contribution in [2.24, 2.45) is 0 Å². The maximum absolute atomic E-state index is 13.4. The van der Waals surface area contributed by atoms with Crippen LogP contribution in [0, 0.1) is 0 Å². The number of hydrogen-bond donors (Lipinski definition) is 0. The van der Waals surface area contributed by atoms with E-state index in [0.717, 1.165) is 13.2 Å². The van der Waals surface area contributed by atoms with Crippen LogP contribution in [0.4, 0.5) is 18.0 Å². The number of ether oxygens (including phenoxy) is 4. The van der Waals surface area contributed by atoms with E-state index in [-0.39, 0.29) is 18.1 Å². The molecule has 0 aliphatic carbocycles. The molecular formula is C20H21F3O5. The van der Waals surface area contributed by atoms with Gasteiger partial charge in [-0.3, -0.25) is 0 Å². The van der Waals surface area contributed by atoms with E-state index in [1.54, 1.807) is 32.0 Å². The minimum Gasteiger partial charge on any atom is -0.493 e. The van der Waals surface area contributed by atoms with Gasteiger partial charge in [-0.05, 0) is 43.2 Å². The topological polar surface area (TPSA) is 54.0 Å². The summed E-state index contributed by atoms with van der Waals surface area (Å²) in [5.41, 5.74) is -0.0253. The SMILES string of the molecule is CCOc1cccc(OC(=O)OC)c1COc1ccc(CC)cc1C(F)(F)F. The molecular weight excluding hydrogens is 377 g/mol. The summed E-state index contributed by atoms with van der Waals surface area (Å²) >= 11 is 0. The Morgan fingerprint density at radius 2 is 1.71 bits per heavy atom. The molecule has 0 unspecified atom stereocenters. The number of rotatable bonds is 7. The Bertz CT molecular complexity index is 818. The molecule has 8 heteroatoms. The lowest BCUT2D eigenvalue weighted by atomic mass is 10.1. The molecule has 2 aromatic rings. The molecule has 0 amide bonds. The third-order valence-corrected chi connectivity index (χ3v) is 3.88. The summed E-state index contributed by atoms with van der Waals surface area (Å²) in [5.74, 6) is 0.0965. The number of carbonyl (C=O) groups is 1. The molecule has 0 saturated carbocycles. The van der Waals surface area contributed by atoms with Crippen molar-refractivity contribution in [3.63, 3.8) is 0 Å². The lowest BCUT2D eigenvalue weighted by Gasteiger charge is -2.18. The highest BCUT2D eigenvalue weighted by molar-refractivity contribution is 5.65. The molecule has 28 heavy (non-hydrogen) atoms. The van der Waals surface area contributed by atoms with Crippen LogP contribution in [0.1, 0.15) is 30.5 Å². The highest BCUT2D eigenvalue weighted by atomic mass is 19.4. The molecule has 0 saturated heterocycles. The van der Waals surface area contributed by atoms with Crippen molar-refractivity contribution in [1.82, 2.24) is 0 Å². The van der Waals surface area contributed by atoms with Gasteiger partial charge in [-0.25, -0.2) is 4.79 Å². The second-order valence-electron chi connectivity index (χ2n) is 5.69. The first-order valence-corrected chi connectivity index (χ1v) is 8.63. The maximum atomic E-state index is 13.4. The van der Waals surface area contributed by atoms with Crippen LogP contribution in [0.2, 0.25) is 0 Å². The fourth-order valence-corrected chi connectivity index (χ4v) is 2.50. The van der Waals surface area contributed by atoms with Crippen molar-refractivity contribution in [2.45, 2.75) is 33.1 Å². The van der Waals surface area contributed by atoms with Crippen molar-refractivity contribution in [3.05, 3.63) is 53.1 Å². The van der Waals surface area contributed by atoms with Crippen LogP contribution in [-0.4, -0.2) is 19.9 Å². The third kappa shape index (κ3) is 5.31. The number of aryl methyl sites for hydroxylation is 1. The van der Waals surface area contributed by atoms with Crippen LogP contribution in [0.3, 0.4) is 0 Å². The molecule has 0 bridgehead atoms. The van der Waals surface area contributed by atoms with Gasteiger partial charge in [0.1, 0.15) is 23.9 Å². The summed E-state index contributed by atoms with van der Waals surface area (Å²) in [6.45, 7) is 3.54. The van der Waals surface area contributed by atoms with Crippen molar-refractivity contribution in [2.75, 3.05) is 13.7 Å². The van der Waals surface area contributed by atoms with Gasteiger partial charge in [-0.15, -0.1) is 0 Å². The Labute approximate surface area is 161 Å². The predicted octanol–water partition coefficient (Wildman–Crippen LogP) is 5.39. The average molecular weight is 398 g/mol. The first-order valence-electron chi connectivity index (χ1n) is 8.63. The fourth-order valence-electron chi connectivity index (χ4n) is 2.50. The number of benzene rings is 2. The summed E-state index contributed by atoms with van der Waals surface area (Å²) in [5, 5.41) is 0. The molecule has 0 heterocycles. The molecule has 0 spiro atoms.